The minimum absolute atomic E-state index is 0.0244. The molecule has 0 bridgehead atoms. The van der Waals surface area contributed by atoms with Gasteiger partial charge >= 0.3 is 0 Å². The van der Waals surface area contributed by atoms with Gasteiger partial charge in [0.15, 0.2) is 0 Å². The average Bonchev–Trinajstić information content (AvgIpc) is 2.90. The second-order valence-electron chi connectivity index (χ2n) is 4.99. The van der Waals surface area contributed by atoms with Gasteiger partial charge in [-0.25, -0.2) is 0 Å². The normalized spacial score (nSPS) is 20.2. The van der Waals surface area contributed by atoms with Crippen LogP contribution in [0.3, 0.4) is 0 Å². The van der Waals surface area contributed by atoms with Crippen LogP contribution in [0.25, 0.3) is 0 Å². The number of ether oxygens (including phenoxy) is 1. The molecule has 1 heterocycles. The largest absolute Gasteiger partial charge is 0.389 e. The van der Waals surface area contributed by atoms with E-state index in [0.717, 1.165) is 31.4 Å². The monoisotopic (exact) mass is 263 g/mol. The quantitative estimate of drug-likeness (QED) is 0.858. The number of hydrogen-bond acceptors (Lipinski definition) is 3. The van der Waals surface area contributed by atoms with Gasteiger partial charge in [-0.1, -0.05) is 18.2 Å². The van der Waals surface area contributed by atoms with Gasteiger partial charge in [0.1, 0.15) is 0 Å². The summed E-state index contributed by atoms with van der Waals surface area (Å²) in [7, 11) is 0. The zero-order chi connectivity index (χ0) is 13.7. The zero-order valence-corrected chi connectivity index (χ0v) is 11.3. The van der Waals surface area contributed by atoms with Gasteiger partial charge in [0, 0.05) is 24.3 Å². The number of amides is 1. The number of nitrogens with one attached hydrogen (secondary N) is 1. The summed E-state index contributed by atoms with van der Waals surface area (Å²) >= 11 is 0. The Morgan fingerprint density at radius 1 is 1.53 bits per heavy atom. The maximum Gasteiger partial charge on any atom is 0.224 e. The minimum atomic E-state index is -0.588. The highest BCUT2D eigenvalue weighted by Gasteiger charge is 2.17. The van der Waals surface area contributed by atoms with Gasteiger partial charge in [0.25, 0.3) is 0 Å². The van der Waals surface area contributed by atoms with Gasteiger partial charge in [-0.15, -0.1) is 0 Å². The first-order valence-electron chi connectivity index (χ1n) is 6.85. The van der Waals surface area contributed by atoms with Crippen LogP contribution in [-0.2, 0) is 9.53 Å². The fourth-order valence-corrected chi connectivity index (χ4v) is 2.35. The van der Waals surface area contributed by atoms with E-state index >= 15 is 0 Å². The summed E-state index contributed by atoms with van der Waals surface area (Å²) in [6.45, 7) is 2.51. The van der Waals surface area contributed by atoms with Crippen LogP contribution in [-0.4, -0.2) is 23.7 Å². The Hall–Kier alpha value is -1.39. The summed E-state index contributed by atoms with van der Waals surface area (Å²) in [5.41, 5.74) is 1.43. The third-order valence-corrected chi connectivity index (χ3v) is 3.40. The second kappa shape index (κ2) is 6.68. The highest BCUT2D eigenvalue weighted by Crippen LogP contribution is 2.23. The lowest BCUT2D eigenvalue weighted by Crippen LogP contribution is -2.16. The zero-order valence-electron chi connectivity index (χ0n) is 11.3. The number of aliphatic hydroxyl groups excluding tert-OH is 1. The fourth-order valence-electron chi connectivity index (χ4n) is 2.35. The number of hydrogen-bond donors (Lipinski definition) is 2. The minimum Gasteiger partial charge on any atom is -0.389 e. The van der Waals surface area contributed by atoms with E-state index in [1.807, 2.05) is 24.3 Å². The van der Waals surface area contributed by atoms with Crippen LogP contribution in [0.1, 0.15) is 44.3 Å². The molecule has 1 aliphatic rings. The number of benzene rings is 1. The Balaban J connectivity index is 1.87. The molecular formula is C15H21NO3. The molecule has 1 amide bonds. The fraction of sp³-hybridized carbons (Fsp3) is 0.533. The van der Waals surface area contributed by atoms with Crippen LogP contribution < -0.4 is 5.32 Å². The Bertz CT molecular complexity index is 425. The first kappa shape index (κ1) is 14.0. The maximum atomic E-state index is 11.9. The highest BCUT2D eigenvalue weighted by molar-refractivity contribution is 5.91. The molecule has 0 radical (unpaired) electrons. The van der Waals surface area contributed by atoms with Crippen LogP contribution in [0, 0.1) is 0 Å². The van der Waals surface area contributed by atoms with Crippen LogP contribution in [0.4, 0.5) is 5.69 Å². The van der Waals surface area contributed by atoms with E-state index in [4.69, 9.17) is 4.74 Å². The van der Waals surface area contributed by atoms with E-state index in [-0.39, 0.29) is 12.0 Å². The second-order valence-corrected chi connectivity index (χ2v) is 4.99. The van der Waals surface area contributed by atoms with Crippen molar-refractivity contribution in [1.29, 1.82) is 0 Å². The van der Waals surface area contributed by atoms with Crippen molar-refractivity contribution < 1.29 is 14.6 Å². The van der Waals surface area contributed by atoms with E-state index < -0.39 is 6.10 Å². The molecule has 2 unspecified atom stereocenters. The van der Waals surface area contributed by atoms with Crippen molar-refractivity contribution in [3.63, 3.8) is 0 Å². The Morgan fingerprint density at radius 2 is 2.32 bits per heavy atom. The van der Waals surface area contributed by atoms with Gasteiger partial charge < -0.3 is 15.2 Å². The van der Waals surface area contributed by atoms with E-state index in [1.165, 1.54) is 0 Å². The van der Waals surface area contributed by atoms with E-state index in [0.29, 0.717) is 12.1 Å². The third-order valence-electron chi connectivity index (χ3n) is 3.40. The molecule has 0 aromatic heterocycles. The van der Waals surface area contributed by atoms with E-state index in [1.54, 1.807) is 6.92 Å². The van der Waals surface area contributed by atoms with Gasteiger partial charge in [0.2, 0.25) is 5.91 Å². The Labute approximate surface area is 113 Å². The average molecular weight is 263 g/mol. The molecule has 2 rings (SSSR count). The standard InChI is InChI=1S/C15H21NO3/c1-11(17)13-6-2-3-7-14(13)16-15(18)9-8-12-5-4-10-19-12/h2-3,6-7,11-12,17H,4-5,8-10H2,1H3,(H,16,18). The van der Waals surface area contributed by atoms with Crippen LogP contribution in [0.5, 0.6) is 0 Å². The van der Waals surface area contributed by atoms with Crippen LogP contribution in [0.2, 0.25) is 0 Å². The van der Waals surface area contributed by atoms with Crippen molar-refractivity contribution in [2.75, 3.05) is 11.9 Å². The molecule has 0 spiro atoms. The molecule has 1 fully saturated rings. The lowest BCUT2D eigenvalue weighted by Gasteiger charge is -2.14. The van der Waals surface area contributed by atoms with Gasteiger partial charge in [0.05, 0.1) is 12.2 Å². The first-order valence-corrected chi connectivity index (χ1v) is 6.85. The lowest BCUT2D eigenvalue weighted by atomic mass is 10.1. The molecule has 0 aliphatic carbocycles. The van der Waals surface area contributed by atoms with Crippen molar-refractivity contribution in [1.82, 2.24) is 0 Å². The molecule has 4 heteroatoms. The summed E-state index contributed by atoms with van der Waals surface area (Å²) in [6, 6.07) is 7.33. The van der Waals surface area contributed by atoms with E-state index in [2.05, 4.69) is 5.32 Å². The molecule has 1 aliphatic heterocycles. The predicted octanol–water partition coefficient (Wildman–Crippen LogP) is 2.64. The number of carbonyl (C=O) groups is 1. The molecule has 2 atom stereocenters. The van der Waals surface area contributed by atoms with Gasteiger partial charge in [-0.05, 0) is 32.3 Å². The van der Waals surface area contributed by atoms with Crippen LogP contribution >= 0.6 is 0 Å². The molecule has 0 saturated carbocycles. The van der Waals surface area contributed by atoms with Crippen LogP contribution in [0.15, 0.2) is 24.3 Å². The summed E-state index contributed by atoms with van der Waals surface area (Å²) in [6.07, 6.45) is 3.02. The summed E-state index contributed by atoms with van der Waals surface area (Å²) in [5.74, 6) is -0.0244. The van der Waals surface area contributed by atoms with Crippen molar-refractivity contribution in [3.05, 3.63) is 29.8 Å². The maximum absolute atomic E-state index is 11.9. The number of anilines is 1. The molecule has 2 N–H and O–H groups in total. The van der Waals surface area contributed by atoms with Gasteiger partial charge in [-0.3, -0.25) is 4.79 Å². The van der Waals surface area contributed by atoms with Crippen molar-refractivity contribution in [3.8, 4) is 0 Å². The predicted molar refractivity (Wildman–Crippen MR) is 73.9 cm³/mol. The third kappa shape index (κ3) is 4.04. The molecular weight excluding hydrogens is 242 g/mol. The van der Waals surface area contributed by atoms with Crippen molar-refractivity contribution in [2.45, 2.75) is 44.8 Å². The molecule has 1 saturated heterocycles. The molecule has 1 aromatic carbocycles. The van der Waals surface area contributed by atoms with E-state index in [9.17, 15) is 9.90 Å². The lowest BCUT2D eigenvalue weighted by molar-refractivity contribution is -0.116. The summed E-state index contributed by atoms with van der Waals surface area (Å²) in [5, 5.41) is 12.5. The smallest absolute Gasteiger partial charge is 0.224 e. The molecule has 1 aromatic rings. The summed E-state index contributed by atoms with van der Waals surface area (Å²) < 4.78 is 5.50. The Kier molecular flexibility index (Phi) is 4.93. The van der Waals surface area contributed by atoms with Gasteiger partial charge in [-0.2, -0.15) is 0 Å². The number of para-hydroxylation sites is 1. The number of carbonyl (C=O) groups excluding carboxylic acids is 1. The number of rotatable bonds is 5. The Morgan fingerprint density at radius 3 is 3.00 bits per heavy atom. The SMILES string of the molecule is CC(O)c1ccccc1NC(=O)CCC1CCCO1. The number of aliphatic hydroxyl groups is 1. The first-order chi connectivity index (χ1) is 9.16. The molecule has 104 valence electrons. The van der Waals surface area contributed by atoms with Crippen molar-refractivity contribution >= 4 is 11.6 Å². The summed E-state index contributed by atoms with van der Waals surface area (Å²) in [4.78, 5) is 11.9. The van der Waals surface area contributed by atoms with Crippen molar-refractivity contribution in [2.24, 2.45) is 0 Å². The topological polar surface area (TPSA) is 58.6 Å². The molecule has 19 heavy (non-hydrogen) atoms. The molecule has 4 nitrogen and oxygen atoms in total. The highest BCUT2D eigenvalue weighted by atomic mass is 16.5.